The number of hydrogen-bond donors (Lipinski definition) is 5. The summed E-state index contributed by atoms with van der Waals surface area (Å²) in [5.74, 6) is -2.62. The summed E-state index contributed by atoms with van der Waals surface area (Å²) in [6.07, 6.45) is 6.42. The highest BCUT2D eigenvalue weighted by Crippen LogP contribution is 2.31. The van der Waals surface area contributed by atoms with E-state index in [1.54, 1.807) is 38.2 Å². The maximum atomic E-state index is 13.0. The van der Waals surface area contributed by atoms with E-state index in [-0.39, 0.29) is 36.0 Å². The number of nitrogens with one attached hydrogen (secondary N) is 1. The van der Waals surface area contributed by atoms with E-state index in [2.05, 4.69) is 11.9 Å². The summed E-state index contributed by atoms with van der Waals surface area (Å²) in [7, 11) is 3.89. The van der Waals surface area contributed by atoms with Crippen molar-refractivity contribution in [3.8, 4) is 0 Å². The number of hydrogen-bond acceptors (Lipinski definition) is 9. The molecule has 13 atom stereocenters. The van der Waals surface area contributed by atoms with Crippen molar-refractivity contribution in [3.63, 3.8) is 0 Å². The predicted octanol–water partition coefficient (Wildman–Crippen LogP) is 6.52. The van der Waals surface area contributed by atoms with Crippen LogP contribution in [0.3, 0.4) is 0 Å². The number of anilines is 2. The first kappa shape index (κ1) is 43.7. The van der Waals surface area contributed by atoms with Gasteiger partial charge < -0.3 is 34.8 Å². The van der Waals surface area contributed by atoms with Crippen molar-refractivity contribution in [1.82, 2.24) is 0 Å². The molecule has 1 aromatic carbocycles. The molecule has 1 aliphatic heterocycles. The van der Waals surface area contributed by atoms with Crippen molar-refractivity contribution >= 4 is 23.4 Å². The molecule has 0 unspecified atom stereocenters. The third kappa shape index (κ3) is 13.2. The number of allylic oxidation sites excluding steroid dienone is 3. The van der Waals surface area contributed by atoms with Crippen LogP contribution in [-0.4, -0.2) is 83.2 Å². The highest BCUT2D eigenvalue weighted by molar-refractivity contribution is 5.85. The lowest BCUT2D eigenvalue weighted by Gasteiger charge is -2.36. The second kappa shape index (κ2) is 20.6. The fraction of sp³-hybridized carbons (Fsp3) is 0.610. The zero-order valence-corrected chi connectivity index (χ0v) is 32.3. The Hall–Kier alpha value is -3.44. The molecule has 0 radical (unpaired) electrons. The average Bonchev–Trinajstić information content (AvgIpc) is 3.08. The average molecular weight is 713 g/mol. The van der Waals surface area contributed by atoms with Crippen LogP contribution in [-0.2, 0) is 14.3 Å². The minimum absolute atomic E-state index is 0.161. The number of carbonyl (C=O) groups is 2. The molecule has 1 heterocycles. The Kier molecular flexibility index (Phi) is 17.6. The second-order valence-electron chi connectivity index (χ2n) is 15.0. The van der Waals surface area contributed by atoms with Crippen LogP contribution in [0.25, 0.3) is 0 Å². The van der Waals surface area contributed by atoms with Crippen LogP contribution in [0, 0.1) is 41.4 Å². The molecule has 286 valence electrons. The van der Waals surface area contributed by atoms with Crippen molar-refractivity contribution < 1.29 is 39.5 Å². The monoisotopic (exact) mass is 712 g/mol. The largest absolute Gasteiger partial charge is 0.462 e. The van der Waals surface area contributed by atoms with Gasteiger partial charge in [0.1, 0.15) is 12.2 Å². The topological polar surface area (TPSA) is 149 Å². The van der Waals surface area contributed by atoms with Crippen molar-refractivity contribution in [2.45, 2.75) is 105 Å². The smallest absolute Gasteiger partial charge is 0.411 e. The Morgan fingerprint density at radius 1 is 0.980 bits per heavy atom. The number of nitrogens with zero attached hydrogens (tertiary/aromatic N) is 1. The van der Waals surface area contributed by atoms with Crippen molar-refractivity contribution in [2.75, 3.05) is 24.3 Å². The Morgan fingerprint density at radius 2 is 1.61 bits per heavy atom. The summed E-state index contributed by atoms with van der Waals surface area (Å²) in [6, 6.07) is 7.43. The summed E-state index contributed by atoms with van der Waals surface area (Å²) in [6.45, 7) is 18.7. The molecule has 5 N–H and O–H groups in total. The van der Waals surface area contributed by atoms with Gasteiger partial charge in [-0.05, 0) is 50.5 Å². The first-order valence-corrected chi connectivity index (χ1v) is 18.2. The zero-order chi connectivity index (χ0) is 38.6. The number of ether oxygens (including phenoxy) is 2. The molecule has 1 saturated heterocycles. The molecule has 51 heavy (non-hydrogen) atoms. The molecule has 10 heteroatoms. The zero-order valence-electron chi connectivity index (χ0n) is 32.3. The number of benzene rings is 1. The summed E-state index contributed by atoms with van der Waals surface area (Å²) in [5, 5.41) is 46.3. The Labute approximate surface area is 305 Å². The number of amides is 1. The SMILES string of the molecule is C=C/C=C\[C@H](C)[C@H](OC(=O)Nc1ccc(N(C)C)cc1)[C@@H](C)[C@H](O)[C@@H](C)C/C(C)=C\[C@H](C)[C@@H](O)[C@@H](C)/C=C\[C@@H](O)C[C@@H]1OC(=O)[C@H](C)[C@@H](O)[C@H]1C. The standard InChI is InChI=1S/C41H64N2O8/c1-12-13-14-26(4)39(51-41(49)42-32-16-18-33(19-17-32)43(10)11)30(8)37(46)28(6)22-24(2)21-27(5)36(45)25(3)15-20-34(44)23-35-29(7)38(47)31(9)40(48)50-35/h12-21,25-31,34-39,44-47H,1,22-23H2,2-11H3,(H,42,49)/b14-13-,20-15-,24-21-/t25-,26-,27-,28-,29-,30-,31+,34+,35-,36-,37+,38-,39-/m0/s1. The number of carbonyl (C=O) groups excluding carboxylic acids is 2. The van der Waals surface area contributed by atoms with Gasteiger partial charge in [0.15, 0.2) is 0 Å². The molecule has 0 saturated carbocycles. The number of aliphatic hydroxyl groups is 4. The van der Waals surface area contributed by atoms with E-state index in [0.717, 1.165) is 11.3 Å². The molecule has 10 nitrogen and oxygen atoms in total. The van der Waals surface area contributed by atoms with Gasteiger partial charge in [0, 0.05) is 61.5 Å². The van der Waals surface area contributed by atoms with Gasteiger partial charge in [-0.3, -0.25) is 10.1 Å². The summed E-state index contributed by atoms with van der Waals surface area (Å²) in [5.41, 5.74) is 2.62. The maximum absolute atomic E-state index is 13.0. The van der Waals surface area contributed by atoms with Crippen LogP contribution in [0.1, 0.15) is 68.2 Å². The Balaban J connectivity index is 2.01. The highest BCUT2D eigenvalue weighted by atomic mass is 16.6. The van der Waals surface area contributed by atoms with Crippen molar-refractivity contribution in [1.29, 1.82) is 0 Å². The number of esters is 1. The van der Waals surface area contributed by atoms with Gasteiger partial charge >= 0.3 is 12.1 Å². The highest BCUT2D eigenvalue weighted by Gasteiger charge is 2.41. The van der Waals surface area contributed by atoms with Gasteiger partial charge in [-0.15, -0.1) is 0 Å². The van der Waals surface area contributed by atoms with Gasteiger partial charge in [-0.25, -0.2) is 4.79 Å². The second-order valence-corrected chi connectivity index (χ2v) is 15.0. The summed E-state index contributed by atoms with van der Waals surface area (Å²) in [4.78, 5) is 27.0. The molecule has 1 amide bonds. The van der Waals surface area contributed by atoms with Gasteiger partial charge in [-0.1, -0.05) is 90.2 Å². The van der Waals surface area contributed by atoms with Gasteiger partial charge in [-0.2, -0.15) is 0 Å². The van der Waals surface area contributed by atoms with E-state index in [1.807, 2.05) is 97.0 Å². The third-order valence-corrected chi connectivity index (χ3v) is 10.2. The molecule has 0 aromatic heterocycles. The number of rotatable bonds is 18. The van der Waals surface area contributed by atoms with E-state index in [0.29, 0.717) is 12.1 Å². The fourth-order valence-electron chi connectivity index (χ4n) is 6.78. The summed E-state index contributed by atoms with van der Waals surface area (Å²) >= 11 is 0. The van der Waals surface area contributed by atoms with Crippen molar-refractivity contribution in [2.24, 2.45) is 41.4 Å². The molecule has 2 rings (SSSR count). The van der Waals surface area contributed by atoms with Gasteiger partial charge in [0.05, 0.1) is 30.3 Å². The lowest BCUT2D eigenvalue weighted by Crippen LogP contribution is -2.47. The van der Waals surface area contributed by atoms with Gasteiger partial charge in [0.2, 0.25) is 0 Å². The lowest BCUT2D eigenvalue weighted by atomic mass is 9.81. The van der Waals surface area contributed by atoms with E-state index >= 15 is 0 Å². The minimum Gasteiger partial charge on any atom is -0.462 e. The Bertz CT molecular complexity index is 1340. The van der Waals surface area contributed by atoms with E-state index in [4.69, 9.17) is 9.47 Å². The normalized spacial score (nSPS) is 25.2. The Morgan fingerprint density at radius 3 is 2.20 bits per heavy atom. The van der Waals surface area contributed by atoms with Crippen LogP contribution < -0.4 is 10.2 Å². The van der Waals surface area contributed by atoms with Gasteiger partial charge in [0.25, 0.3) is 0 Å². The van der Waals surface area contributed by atoms with Crippen LogP contribution in [0.15, 0.2) is 72.9 Å². The van der Waals surface area contributed by atoms with E-state index < -0.39 is 60.5 Å². The number of aliphatic hydroxyl groups excluding tert-OH is 4. The first-order valence-electron chi connectivity index (χ1n) is 18.2. The van der Waals surface area contributed by atoms with Crippen LogP contribution in [0.4, 0.5) is 16.2 Å². The molecule has 1 aromatic rings. The molecule has 1 fully saturated rings. The first-order chi connectivity index (χ1) is 23.9. The minimum atomic E-state index is -0.902. The third-order valence-electron chi connectivity index (χ3n) is 10.2. The number of cyclic esters (lactones) is 1. The van der Waals surface area contributed by atoms with E-state index in [1.165, 1.54) is 0 Å². The van der Waals surface area contributed by atoms with Crippen molar-refractivity contribution in [3.05, 3.63) is 72.9 Å². The molecule has 1 aliphatic rings. The molecule has 0 spiro atoms. The fourth-order valence-corrected chi connectivity index (χ4v) is 6.78. The molecule has 0 aliphatic carbocycles. The molecule has 0 bridgehead atoms. The van der Waals surface area contributed by atoms with Crippen LogP contribution in [0.5, 0.6) is 0 Å². The maximum Gasteiger partial charge on any atom is 0.411 e. The summed E-state index contributed by atoms with van der Waals surface area (Å²) < 4.78 is 11.4. The van der Waals surface area contributed by atoms with E-state index in [9.17, 15) is 30.0 Å². The molecular weight excluding hydrogens is 648 g/mol. The quantitative estimate of drug-likeness (QED) is 0.0652. The lowest BCUT2D eigenvalue weighted by molar-refractivity contribution is -0.179. The predicted molar refractivity (Wildman–Crippen MR) is 204 cm³/mol. The van der Waals surface area contributed by atoms with Crippen LogP contribution >= 0.6 is 0 Å². The molecular formula is C41H64N2O8. The van der Waals surface area contributed by atoms with Crippen LogP contribution in [0.2, 0.25) is 0 Å².